The van der Waals surface area contributed by atoms with Gasteiger partial charge in [0.1, 0.15) is 5.82 Å². The Bertz CT molecular complexity index is 1910. The molecule has 1 atom stereocenters. The predicted molar refractivity (Wildman–Crippen MR) is 198 cm³/mol. The normalized spacial score (nSPS) is 17.3. The average Bonchev–Trinajstić information content (AvgIpc) is 3.51. The molecule has 250 valence electrons. The Morgan fingerprint density at radius 1 is 0.917 bits per heavy atom. The molecule has 2 heterocycles. The lowest BCUT2D eigenvalue weighted by Crippen LogP contribution is -2.42. The summed E-state index contributed by atoms with van der Waals surface area (Å²) in [5, 5.41) is 9.19. The fraction of sp³-hybridized carbons (Fsp3) is 0.390. The number of carbonyl (C=O) groups excluding carboxylic acids is 2. The second-order valence-electron chi connectivity index (χ2n) is 14.6. The van der Waals surface area contributed by atoms with E-state index in [1.807, 2.05) is 48.7 Å². The van der Waals surface area contributed by atoms with Crippen LogP contribution in [-0.4, -0.2) is 47.8 Å². The van der Waals surface area contributed by atoms with Crippen molar-refractivity contribution >= 4 is 45.0 Å². The van der Waals surface area contributed by atoms with Crippen molar-refractivity contribution in [1.29, 1.82) is 0 Å². The molecule has 3 aromatic carbocycles. The summed E-state index contributed by atoms with van der Waals surface area (Å²) in [5.41, 5.74) is 7.05. The molecule has 1 saturated carbocycles. The first-order valence-corrected chi connectivity index (χ1v) is 17.4. The minimum atomic E-state index is -0.595. The standard InChI is InChI=1S/C41H49N5O2/c1-7-26-11-10-13-31-34(25-42-39(26)31)33(23-37(47)27-15-17-28(18-16-27)41(2,3)4)40(48)44-30-21-19-29(20-22-30)43-38-24-36(46(5)6)32-12-8-9-14-35(32)45-38/h8-18,24-25,29-30,33,42H,7,19-23H2,1-6H3,(H,43,45)(H,44,48). The molecular weight excluding hydrogens is 594 g/mol. The van der Waals surface area contributed by atoms with Crippen LogP contribution in [0.5, 0.6) is 0 Å². The molecule has 1 amide bonds. The number of ketones is 1. The SMILES string of the molecule is CCc1cccc2c(C(CC(=O)c3ccc(C(C)(C)C)cc3)C(=O)NC3CCC(Nc4cc(N(C)C)c5ccccc5n4)CC3)c[nH]c12. The van der Waals surface area contributed by atoms with Crippen LogP contribution in [0.15, 0.2) is 79.0 Å². The Morgan fingerprint density at radius 2 is 1.60 bits per heavy atom. The van der Waals surface area contributed by atoms with Crippen LogP contribution in [0, 0.1) is 0 Å². The number of rotatable bonds is 10. The first-order chi connectivity index (χ1) is 23.0. The van der Waals surface area contributed by atoms with Gasteiger partial charge < -0.3 is 20.5 Å². The van der Waals surface area contributed by atoms with Gasteiger partial charge in [0.2, 0.25) is 5.91 Å². The number of hydrogen-bond acceptors (Lipinski definition) is 5. The number of para-hydroxylation sites is 2. The largest absolute Gasteiger partial charge is 0.377 e. The van der Waals surface area contributed by atoms with Crippen molar-refractivity contribution in [2.75, 3.05) is 24.3 Å². The van der Waals surface area contributed by atoms with Crippen LogP contribution in [0.1, 0.15) is 92.8 Å². The molecule has 3 N–H and O–H groups in total. The number of H-pyrrole nitrogens is 1. The van der Waals surface area contributed by atoms with Crippen molar-refractivity contribution in [2.45, 2.75) is 89.6 Å². The van der Waals surface area contributed by atoms with E-state index in [2.05, 4.69) is 92.6 Å². The van der Waals surface area contributed by atoms with Gasteiger partial charge in [0.15, 0.2) is 5.78 Å². The number of nitrogens with one attached hydrogen (secondary N) is 3. The van der Waals surface area contributed by atoms with Crippen molar-refractivity contribution in [2.24, 2.45) is 0 Å². The molecule has 0 saturated heterocycles. The third kappa shape index (κ3) is 7.10. The van der Waals surface area contributed by atoms with E-state index in [9.17, 15) is 9.59 Å². The molecule has 0 radical (unpaired) electrons. The highest BCUT2D eigenvalue weighted by Gasteiger charge is 2.31. The highest BCUT2D eigenvalue weighted by atomic mass is 16.2. The number of benzene rings is 3. The molecule has 1 unspecified atom stereocenters. The van der Waals surface area contributed by atoms with Crippen molar-refractivity contribution in [3.05, 3.63) is 101 Å². The van der Waals surface area contributed by atoms with Crippen molar-refractivity contribution in [3.8, 4) is 0 Å². The first-order valence-electron chi connectivity index (χ1n) is 17.4. The van der Waals surface area contributed by atoms with E-state index in [-0.39, 0.29) is 35.6 Å². The number of pyridine rings is 1. The van der Waals surface area contributed by atoms with Crippen molar-refractivity contribution in [1.82, 2.24) is 15.3 Å². The minimum Gasteiger partial charge on any atom is -0.377 e. The number of Topliss-reactive ketones (excluding diaryl/α,β-unsaturated/α-hetero) is 1. The van der Waals surface area contributed by atoms with Gasteiger partial charge in [-0.2, -0.15) is 0 Å². The second-order valence-corrected chi connectivity index (χ2v) is 14.6. The van der Waals surface area contributed by atoms with Crippen LogP contribution in [0.4, 0.5) is 11.5 Å². The molecule has 0 aliphatic heterocycles. The summed E-state index contributed by atoms with van der Waals surface area (Å²) in [4.78, 5) is 38.3. The maximum absolute atomic E-state index is 14.2. The maximum atomic E-state index is 14.2. The molecule has 7 nitrogen and oxygen atoms in total. The van der Waals surface area contributed by atoms with Crippen LogP contribution in [0.2, 0.25) is 0 Å². The van der Waals surface area contributed by atoms with E-state index < -0.39 is 5.92 Å². The molecule has 5 aromatic rings. The monoisotopic (exact) mass is 643 g/mol. The van der Waals surface area contributed by atoms with Gasteiger partial charge in [-0.25, -0.2) is 4.98 Å². The third-order valence-electron chi connectivity index (χ3n) is 9.97. The quantitative estimate of drug-likeness (QED) is 0.133. The topological polar surface area (TPSA) is 90.1 Å². The summed E-state index contributed by atoms with van der Waals surface area (Å²) in [5.74, 6) is 0.178. The van der Waals surface area contributed by atoms with E-state index >= 15 is 0 Å². The van der Waals surface area contributed by atoms with Gasteiger partial charge >= 0.3 is 0 Å². The third-order valence-corrected chi connectivity index (χ3v) is 9.97. The van der Waals surface area contributed by atoms with Gasteiger partial charge in [-0.3, -0.25) is 9.59 Å². The van der Waals surface area contributed by atoms with Crippen LogP contribution < -0.4 is 15.5 Å². The Labute approximate surface area is 284 Å². The zero-order valence-corrected chi connectivity index (χ0v) is 29.2. The summed E-state index contributed by atoms with van der Waals surface area (Å²) < 4.78 is 0. The second kappa shape index (κ2) is 13.8. The fourth-order valence-electron chi connectivity index (χ4n) is 7.12. The molecule has 0 bridgehead atoms. The molecule has 0 spiro atoms. The summed E-state index contributed by atoms with van der Waals surface area (Å²) in [6.07, 6.45) is 6.50. The number of aromatic amines is 1. The lowest BCUT2D eigenvalue weighted by molar-refractivity contribution is -0.123. The number of aromatic nitrogens is 2. The highest BCUT2D eigenvalue weighted by Crippen LogP contribution is 2.33. The van der Waals surface area contributed by atoms with E-state index in [0.717, 1.165) is 71.0 Å². The Kier molecular flexibility index (Phi) is 9.58. The van der Waals surface area contributed by atoms with Gasteiger partial charge in [0.25, 0.3) is 0 Å². The molecular formula is C41H49N5O2. The number of amides is 1. The Balaban J connectivity index is 1.17. The number of fused-ring (bicyclic) bond motifs is 2. The minimum absolute atomic E-state index is 0.000692. The maximum Gasteiger partial charge on any atom is 0.228 e. The van der Waals surface area contributed by atoms with Gasteiger partial charge in [0.05, 0.1) is 11.4 Å². The number of aryl methyl sites for hydroxylation is 1. The van der Waals surface area contributed by atoms with E-state index in [1.54, 1.807) is 0 Å². The smallest absolute Gasteiger partial charge is 0.228 e. The van der Waals surface area contributed by atoms with Crippen LogP contribution >= 0.6 is 0 Å². The molecule has 48 heavy (non-hydrogen) atoms. The first kappa shape index (κ1) is 33.3. The lowest BCUT2D eigenvalue weighted by atomic mass is 9.85. The zero-order chi connectivity index (χ0) is 34.0. The van der Waals surface area contributed by atoms with Gasteiger partial charge in [-0.15, -0.1) is 0 Å². The Morgan fingerprint density at radius 3 is 2.29 bits per heavy atom. The number of nitrogens with zero attached hydrogens (tertiary/aromatic N) is 2. The molecule has 1 aliphatic rings. The number of hydrogen-bond donors (Lipinski definition) is 3. The van der Waals surface area contributed by atoms with Crippen molar-refractivity contribution in [3.63, 3.8) is 0 Å². The number of carbonyl (C=O) groups is 2. The summed E-state index contributed by atoms with van der Waals surface area (Å²) in [7, 11) is 4.11. The van der Waals surface area contributed by atoms with Crippen LogP contribution in [0.3, 0.4) is 0 Å². The van der Waals surface area contributed by atoms with Crippen LogP contribution in [0.25, 0.3) is 21.8 Å². The van der Waals surface area contributed by atoms with Gasteiger partial charge in [-0.1, -0.05) is 88.4 Å². The van der Waals surface area contributed by atoms with Gasteiger partial charge in [0, 0.05) is 72.4 Å². The zero-order valence-electron chi connectivity index (χ0n) is 29.2. The number of anilines is 2. The highest BCUT2D eigenvalue weighted by molar-refractivity contribution is 6.02. The molecule has 1 aliphatic carbocycles. The van der Waals surface area contributed by atoms with Crippen molar-refractivity contribution < 1.29 is 9.59 Å². The van der Waals surface area contributed by atoms with E-state index in [4.69, 9.17) is 4.98 Å². The summed E-state index contributed by atoms with van der Waals surface area (Å²) in [6.45, 7) is 8.62. The van der Waals surface area contributed by atoms with Crippen LogP contribution in [-0.2, 0) is 16.6 Å². The molecule has 2 aromatic heterocycles. The average molecular weight is 644 g/mol. The summed E-state index contributed by atoms with van der Waals surface area (Å²) in [6, 6.07) is 24.8. The Hall–Kier alpha value is -4.65. The molecule has 6 rings (SSSR count). The fourth-order valence-corrected chi connectivity index (χ4v) is 7.12. The summed E-state index contributed by atoms with van der Waals surface area (Å²) >= 11 is 0. The van der Waals surface area contributed by atoms with E-state index in [0.29, 0.717) is 5.56 Å². The molecule has 1 fully saturated rings. The molecule has 7 heteroatoms. The van der Waals surface area contributed by atoms with Gasteiger partial charge in [-0.05, 0) is 60.3 Å². The van der Waals surface area contributed by atoms with E-state index in [1.165, 1.54) is 11.1 Å². The predicted octanol–water partition coefficient (Wildman–Crippen LogP) is 8.54. The lowest BCUT2D eigenvalue weighted by Gasteiger charge is -2.31.